The summed E-state index contributed by atoms with van der Waals surface area (Å²) in [6, 6.07) is 6.69. The van der Waals surface area contributed by atoms with Gasteiger partial charge < -0.3 is 5.32 Å². The minimum absolute atomic E-state index is 0.175. The van der Waals surface area contributed by atoms with Crippen LogP contribution in [0.3, 0.4) is 0 Å². The van der Waals surface area contributed by atoms with Crippen LogP contribution in [-0.2, 0) is 17.5 Å². The van der Waals surface area contributed by atoms with Gasteiger partial charge >= 0.3 is 0 Å². The van der Waals surface area contributed by atoms with Crippen molar-refractivity contribution >= 4 is 16.9 Å². The Kier molecular flexibility index (Phi) is 3.91. The minimum Gasteiger partial charge on any atom is -0.348 e. The predicted molar refractivity (Wildman–Crippen MR) is 93.6 cm³/mol. The zero-order valence-electron chi connectivity index (χ0n) is 13.6. The summed E-state index contributed by atoms with van der Waals surface area (Å²) < 4.78 is 40.6. The average Bonchev–Trinajstić information content (AvgIpc) is 3.22. The summed E-state index contributed by atoms with van der Waals surface area (Å²) in [5.74, 6) is -1.64. The van der Waals surface area contributed by atoms with E-state index < -0.39 is 22.6 Å². The second-order valence-electron chi connectivity index (χ2n) is 5.92. The van der Waals surface area contributed by atoms with E-state index in [4.69, 9.17) is 0 Å². The molecule has 1 aromatic heterocycles. The number of aromatic nitrogens is 2. The molecule has 132 valence electrons. The zero-order chi connectivity index (χ0) is 18.4. The van der Waals surface area contributed by atoms with Crippen molar-refractivity contribution in [1.29, 1.82) is 0 Å². The standard InChI is InChI=1S/C18H13F2N3O2S/c1-26(25)23-9-11(8-22-23)14-4-10-7-21-18(24)15(10)6-16(14)13-3-2-12(19)5-17(13)20/h2-6,8-9H,7H2,1H3,(H,21,24). The highest BCUT2D eigenvalue weighted by atomic mass is 32.2. The molecular weight excluding hydrogens is 360 g/mol. The highest BCUT2D eigenvalue weighted by Gasteiger charge is 2.24. The number of nitrogens with one attached hydrogen (secondary N) is 1. The Labute approximate surface area is 150 Å². The molecule has 0 fully saturated rings. The maximum atomic E-state index is 14.4. The Hall–Kier alpha value is -2.87. The second kappa shape index (κ2) is 6.14. The molecule has 1 N–H and O–H groups in total. The Balaban J connectivity index is 1.97. The van der Waals surface area contributed by atoms with Gasteiger partial charge in [0, 0.05) is 41.8 Å². The molecule has 26 heavy (non-hydrogen) atoms. The van der Waals surface area contributed by atoms with Crippen molar-refractivity contribution in [3.8, 4) is 22.3 Å². The smallest absolute Gasteiger partial charge is 0.251 e. The topological polar surface area (TPSA) is 64.0 Å². The van der Waals surface area contributed by atoms with Crippen LogP contribution >= 0.6 is 0 Å². The summed E-state index contributed by atoms with van der Waals surface area (Å²) in [7, 11) is -1.33. The average molecular weight is 373 g/mol. The first-order valence-electron chi connectivity index (χ1n) is 7.73. The lowest BCUT2D eigenvalue weighted by atomic mass is 9.91. The van der Waals surface area contributed by atoms with E-state index in [1.165, 1.54) is 28.7 Å². The highest BCUT2D eigenvalue weighted by molar-refractivity contribution is 7.82. The Morgan fingerprint density at radius 1 is 1.12 bits per heavy atom. The molecule has 1 amide bonds. The van der Waals surface area contributed by atoms with Crippen molar-refractivity contribution < 1.29 is 17.8 Å². The van der Waals surface area contributed by atoms with E-state index in [1.807, 2.05) is 0 Å². The van der Waals surface area contributed by atoms with Crippen LogP contribution in [0.25, 0.3) is 22.3 Å². The van der Waals surface area contributed by atoms with Crippen molar-refractivity contribution in [2.45, 2.75) is 6.54 Å². The van der Waals surface area contributed by atoms with Crippen molar-refractivity contribution in [1.82, 2.24) is 14.5 Å². The number of carbonyl (C=O) groups excluding carboxylic acids is 1. The van der Waals surface area contributed by atoms with E-state index in [1.54, 1.807) is 18.3 Å². The molecule has 1 aliphatic rings. The SMILES string of the molecule is CS(=O)n1cc(-c2cc3c(cc2-c2ccc(F)cc2F)C(=O)NC3)cn1. The molecular formula is C18H13F2N3O2S. The van der Waals surface area contributed by atoms with Gasteiger partial charge in [-0.15, -0.1) is 0 Å². The molecule has 1 atom stereocenters. The molecule has 5 nitrogen and oxygen atoms in total. The van der Waals surface area contributed by atoms with Gasteiger partial charge in [-0.25, -0.2) is 13.0 Å². The molecule has 2 heterocycles. The number of benzene rings is 2. The maximum absolute atomic E-state index is 14.4. The van der Waals surface area contributed by atoms with Gasteiger partial charge in [0.05, 0.1) is 6.20 Å². The summed E-state index contributed by atoms with van der Waals surface area (Å²) in [6.45, 7) is 0.376. The molecule has 2 aromatic carbocycles. The fraction of sp³-hybridized carbons (Fsp3) is 0.111. The third kappa shape index (κ3) is 2.72. The van der Waals surface area contributed by atoms with Crippen LogP contribution in [0.2, 0.25) is 0 Å². The number of carbonyl (C=O) groups is 1. The Bertz CT molecular complexity index is 1080. The fourth-order valence-corrected chi connectivity index (χ4v) is 3.47. The zero-order valence-corrected chi connectivity index (χ0v) is 14.4. The molecule has 0 radical (unpaired) electrons. The number of hydrogen-bond donors (Lipinski definition) is 1. The summed E-state index contributed by atoms with van der Waals surface area (Å²) in [4.78, 5) is 12.0. The second-order valence-corrected chi connectivity index (χ2v) is 7.14. The third-order valence-electron chi connectivity index (χ3n) is 4.28. The number of amides is 1. The molecule has 0 spiro atoms. The largest absolute Gasteiger partial charge is 0.348 e. The first-order valence-corrected chi connectivity index (χ1v) is 9.25. The van der Waals surface area contributed by atoms with Crippen LogP contribution in [0.15, 0.2) is 42.7 Å². The van der Waals surface area contributed by atoms with Crippen LogP contribution in [-0.4, -0.2) is 25.6 Å². The van der Waals surface area contributed by atoms with E-state index in [2.05, 4.69) is 10.4 Å². The quantitative estimate of drug-likeness (QED) is 0.768. The van der Waals surface area contributed by atoms with Gasteiger partial charge in [-0.2, -0.15) is 9.19 Å². The molecule has 1 unspecified atom stereocenters. The lowest BCUT2D eigenvalue weighted by Gasteiger charge is -2.12. The number of hydrogen-bond acceptors (Lipinski definition) is 3. The van der Waals surface area contributed by atoms with Gasteiger partial charge in [-0.1, -0.05) is 0 Å². The number of nitrogens with zero attached hydrogens (tertiary/aromatic N) is 2. The van der Waals surface area contributed by atoms with Crippen molar-refractivity contribution in [2.24, 2.45) is 0 Å². The van der Waals surface area contributed by atoms with Gasteiger partial charge in [0.25, 0.3) is 5.91 Å². The minimum atomic E-state index is -1.33. The van der Waals surface area contributed by atoms with Crippen molar-refractivity contribution in [2.75, 3.05) is 6.26 Å². The normalized spacial score (nSPS) is 14.2. The van der Waals surface area contributed by atoms with Gasteiger partial charge in [-0.05, 0) is 41.0 Å². The van der Waals surface area contributed by atoms with Gasteiger partial charge in [0.1, 0.15) is 22.6 Å². The Morgan fingerprint density at radius 3 is 2.62 bits per heavy atom. The fourth-order valence-electron chi connectivity index (χ4n) is 3.03. The molecule has 0 bridgehead atoms. The Morgan fingerprint density at radius 2 is 1.92 bits per heavy atom. The van der Waals surface area contributed by atoms with E-state index in [0.717, 1.165) is 11.6 Å². The van der Waals surface area contributed by atoms with E-state index in [0.29, 0.717) is 28.8 Å². The maximum Gasteiger partial charge on any atom is 0.251 e. The lowest BCUT2D eigenvalue weighted by molar-refractivity contribution is 0.0966. The monoisotopic (exact) mass is 373 g/mol. The van der Waals surface area contributed by atoms with Crippen molar-refractivity contribution in [3.63, 3.8) is 0 Å². The molecule has 3 aromatic rings. The van der Waals surface area contributed by atoms with Gasteiger partial charge in [-0.3, -0.25) is 4.79 Å². The van der Waals surface area contributed by atoms with E-state index in [-0.39, 0.29) is 11.5 Å². The summed E-state index contributed by atoms with van der Waals surface area (Å²) in [5, 5.41) is 6.78. The summed E-state index contributed by atoms with van der Waals surface area (Å²) in [6.07, 6.45) is 4.60. The lowest BCUT2D eigenvalue weighted by Crippen LogP contribution is -2.12. The molecule has 8 heteroatoms. The first-order chi connectivity index (χ1) is 12.4. The number of fused-ring (bicyclic) bond motifs is 1. The van der Waals surface area contributed by atoms with Gasteiger partial charge in [0.2, 0.25) is 0 Å². The number of halogens is 2. The van der Waals surface area contributed by atoms with Crippen LogP contribution in [0.4, 0.5) is 8.78 Å². The third-order valence-corrected chi connectivity index (χ3v) is 5.01. The molecule has 0 saturated heterocycles. The molecule has 0 saturated carbocycles. The predicted octanol–water partition coefficient (Wildman–Crippen LogP) is 2.88. The summed E-state index contributed by atoms with van der Waals surface area (Å²) >= 11 is 0. The first kappa shape index (κ1) is 16.6. The van der Waals surface area contributed by atoms with Crippen LogP contribution in [0.1, 0.15) is 15.9 Å². The molecule has 4 rings (SSSR count). The molecule has 1 aliphatic heterocycles. The van der Waals surface area contributed by atoms with Gasteiger partial charge in [0.15, 0.2) is 0 Å². The van der Waals surface area contributed by atoms with Crippen LogP contribution < -0.4 is 5.32 Å². The van der Waals surface area contributed by atoms with Crippen molar-refractivity contribution in [3.05, 3.63) is 65.5 Å². The van der Waals surface area contributed by atoms with E-state index >= 15 is 0 Å². The van der Waals surface area contributed by atoms with E-state index in [9.17, 15) is 17.8 Å². The van der Waals surface area contributed by atoms with Crippen LogP contribution in [0.5, 0.6) is 0 Å². The highest BCUT2D eigenvalue weighted by Crippen LogP contribution is 2.37. The van der Waals surface area contributed by atoms with Crippen LogP contribution in [0, 0.1) is 11.6 Å². The number of rotatable bonds is 3. The molecule has 0 aliphatic carbocycles. The summed E-state index contributed by atoms with van der Waals surface area (Å²) in [5.41, 5.74) is 3.11.